The average Bonchev–Trinajstić information content (AvgIpc) is 3.33. The number of aromatic nitrogens is 2. The first kappa shape index (κ1) is 19.5. The molecule has 0 saturated heterocycles. The molecule has 2 aromatic carbocycles. The first-order chi connectivity index (χ1) is 14.9. The SMILES string of the molecule is Cc1ccc(-c2c(C)sc3ncn(CC(=O)c4cc5ccccc5o4)c(=O)c23)cc1C. The van der Waals surface area contributed by atoms with Crippen LogP contribution in [-0.4, -0.2) is 15.3 Å². The van der Waals surface area contributed by atoms with Crippen molar-refractivity contribution in [2.24, 2.45) is 0 Å². The number of carbonyl (C=O) groups is 1. The summed E-state index contributed by atoms with van der Waals surface area (Å²) in [7, 11) is 0. The minimum Gasteiger partial charge on any atom is -0.453 e. The Morgan fingerprint density at radius 2 is 1.87 bits per heavy atom. The van der Waals surface area contributed by atoms with Crippen LogP contribution in [0.1, 0.15) is 26.6 Å². The Hall–Kier alpha value is -3.51. The Balaban J connectivity index is 1.58. The van der Waals surface area contributed by atoms with Gasteiger partial charge < -0.3 is 4.42 Å². The van der Waals surface area contributed by atoms with Crippen LogP contribution in [-0.2, 0) is 6.54 Å². The van der Waals surface area contributed by atoms with Gasteiger partial charge in [-0.25, -0.2) is 4.98 Å². The summed E-state index contributed by atoms with van der Waals surface area (Å²) in [4.78, 5) is 32.4. The maximum atomic E-state index is 13.4. The van der Waals surface area contributed by atoms with Gasteiger partial charge in [0.2, 0.25) is 5.78 Å². The van der Waals surface area contributed by atoms with Crippen molar-refractivity contribution >= 4 is 38.3 Å². The Kier molecular flexibility index (Phi) is 4.59. The van der Waals surface area contributed by atoms with E-state index < -0.39 is 0 Å². The first-order valence-electron chi connectivity index (χ1n) is 10.0. The van der Waals surface area contributed by atoms with Crippen molar-refractivity contribution in [3.8, 4) is 11.1 Å². The Morgan fingerprint density at radius 3 is 2.65 bits per heavy atom. The third-order valence-electron chi connectivity index (χ3n) is 5.66. The number of hydrogen-bond donors (Lipinski definition) is 0. The van der Waals surface area contributed by atoms with Crippen LogP contribution < -0.4 is 5.56 Å². The van der Waals surface area contributed by atoms with Crippen molar-refractivity contribution in [1.82, 2.24) is 9.55 Å². The molecule has 0 aliphatic rings. The van der Waals surface area contributed by atoms with Gasteiger partial charge in [0.15, 0.2) is 5.76 Å². The van der Waals surface area contributed by atoms with Gasteiger partial charge in [-0.1, -0.05) is 36.4 Å². The number of Topliss-reactive ketones (excluding diaryl/α,β-unsaturated/α-hetero) is 1. The molecule has 0 unspecified atom stereocenters. The molecule has 0 aliphatic carbocycles. The van der Waals surface area contributed by atoms with E-state index in [2.05, 4.69) is 31.0 Å². The van der Waals surface area contributed by atoms with Crippen LogP contribution in [0.3, 0.4) is 0 Å². The minimum absolute atomic E-state index is 0.122. The largest absolute Gasteiger partial charge is 0.453 e. The van der Waals surface area contributed by atoms with Crippen LogP contribution >= 0.6 is 11.3 Å². The molecule has 154 valence electrons. The predicted molar refractivity (Wildman–Crippen MR) is 124 cm³/mol. The molecule has 0 bridgehead atoms. The zero-order valence-electron chi connectivity index (χ0n) is 17.4. The van der Waals surface area contributed by atoms with E-state index in [0.29, 0.717) is 15.8 Å². The number of aryl methyl sites for hydroxylation is 3. The van der Waals surface area contributed by atoms with E-state index in [1.54, 1.807) is 6.07 Å². The van der Waals surface area contributed by atoms with Crippen molar-refractivity contribution in [1.29, 1.82) is 0 Å². The van der Waals surface area contributed by atoms with E-state index >= 15 is 0 Å². The van der Waals surface area contributed by atoms with Crippen molar-refractivity contribution < 1.29 is 9.21 Å². The number of carbonyl (C=O) groups excluding carboxylic acids is 1. The number of fused-ring (bicyclic) bond motifs is 2. The number of furan rings is 1. The van der Waals surface area contributed by atoms with E-state index in [9.17, 15) is 9.59 Å². The van der Waals surface area contributed by atoms with Crippen molar-refractivity contribution in [3.05, 3.63) is 87.0 Å². The van der Waals surface area contributed by atoms with Gasteiger partial charge in [0.05, 0.1) is 18.3 Å². The van der Waals surface area contributed by atoms with E-state index in [0.717, 1.165) is 21.4 Å². The molecule has 0 aliphatic heterocycles. The van der Waals surface area contributed by atoms with Crippen LogP contribution in [0.4, 0.5) is 0 Å². The molecule has 5 nitrogen and oxygen atoms in total. The summed E-state index contributed by atoms with van der Waals surface area (Å²) in [6.45, 7) is 6.00. The van der Waals surface area contributed by atoms with Gasteiger partial charge >= 0.3 is 0 Å². The fourth-order valence-corrected chi connectivity index (χ4v) is 4.85. The van der Waals surface area contributed by atoms with Gasteiger partial charge in [-0.05, 0) is 49.6 Å². The highest BCUT2D eigenvalue weighted by Crippen LogP contribution is 2.36. The van der Waals surface area contributed by atoms with E-state index in [-0.39, 0.29) is 23.6 Å². The molecule has 0 atom stereocenters. The molecule has 0 amide bonds. The van der Waals surface area contributed by atoms with Crippen molar-refractivity contribution in [2.75, 3.05) is 0 Å². The van der Waals surface area contributed by atoms with Crippen LogP contribution in [0, 0.1) is 20.8 Å². The molecule has 0 fully saturated rings. The maximum Gasteiger partial charge on any atom is 0.263 e. The lowest BCUT2D eigenvalue weighted by Gasteiger charge is -2.07. The minimum atomic E-state index is -0.265. The Morgan fingerprint density at radius 1 is 1.06 bits per heavy atom. The summed E-state index contributed by atoms with van der Waals surface area (Å²) in [5, 5.41) is 1.42. The molecule has 5 aromatic rings. The fourth-order valence-electron chi connectivity index (χ4n) is 3.85. The third-order valence-corrected chi connectivity index (χ3v) is 6.68. The molecular weight excluding hydrogens is 408 g/mol. The Labute approximate surface area is 182 Å². The highest BCUT2D eigenvalue weighted by atomic mass is 32.1. The molecule has 3 aromatic heterocycles. The third kappa shape index (κ3) is 3.29. The van der Waals surface area contributed by atoms with Gasteiger partial charge in [0, 0.05) is 15.8 Å². The number of nitrogens with zero attached hydrogens (tertiary/aromatic N) is 2. The molecule has 31 heavy (non-hydrogen) atoms. The number of hydrogen-bond acceptors (Lipinski definition) is 5. The van der Waals surface area contributed by atoms with Crippen LogP contribution in [0.25, 0.3) is 32.3 Å². The number of ketones is 1. The van der Waals surface area contributed by atoms with Gasteiger partial charge in [-0.15, -0.1) is 11.3 Å². The van der Waals surface area contributed by atoms with E-state index in [1.165, 1.54) is 33.4 Å². The van der Waals surface area contributed by atoms with Crippen LogP contribution in [0.15, 0.2) is 64.1 Å². The predicted octanol–water partition coefficient (Wildman–Crippen LogP) is 5.68. The molecule has 5 rings (SSSR count). The number of benzene rings is 2. The summed E-state index contributed by atoms with van der Waals surface area (Å²) in [5.74, 6) is -0.0248. The molecule has 0 N–H and O–H groups in total. The molecule has 0 radical (unpaired) electrons. The van der Waals surface area contributed by atoms with Crippen molar-refractivity contribution in [3.63, 3.8) is 0 Å². The monoisotopic (exact) mass is 428 g/mol. The molecule has 0 spiro atoms. The second-order valence-electron chi connectivity index (χ2n) is 7.76. The highest BCUT2D eigenvalue weighted by Gasteiger charge is 2.19. The Bertz CT molecular complexity index is 1510. The lowest BCUT2D eigenvalue weighted by molar-refractivity contribution is 0.0945. The lowest BCUT2D eigenvalue weighted by atomic mass is 9.99. The summed E-state index contributed by atoms with van der Waals surface area (Å²) in [6.07, 6.45) is 1.45. The zero-order valence-corrected chi connectivity index (χ0v) is 18.2. The van der Waals surface area contributed by atoms with E-state index in [1.807, 2.05) is 37.3 Å². The van der Waals surface area contributed by atoms with Crippen LogP contribution in [0.2, 0.25) is 0 Å². The second kappa shape index (κ2) is 7.32. The fraction of sp³-hybridized carbons (Fsp3) is 0.160. The molecule has 0 saturated carbocycles. The summed E-state index contributed by atoms with van der Waals surface area (Å²) in [5.41, 5.74) is 4.69. The number of para-hydroxylation sites is 1. The topological polar surface area (TPSA) is 65.1 Å². The average molecular weight is 429 g/mol. The smallest absolute Gasteiger partial charge is 0.263 e. The first-order valence-corrected chi connectivity index (χ1v) is 10.8. The summed E-state index contributed by atoms with van der Waals surface area (Å²) < 4.78 is 7.04. The van der Waals surface area contributed by atoms with Gasteiger partial charge in [0.25, 0.3) is 5.56 Å². The normalized spacial score (nSPS) is 11.5. The maximum absolute atomic E-state index is 13.4. The molecule has 6 heteroatoms. The highest BCUT2D eigenvalue weighted by molar-refractivity contribution is 7.19. The summed E-state index contributed by atoms with van der Waals surface area (Å²) in [6, 6.07) is 15.4. The lowest BCUT2D eigenvalue weighted by Crippen LogP contribution is -2.24. The van der Waals surface area contributed by atoms with Gasteiger partial charge in [-0.3, -0.25) is 14.2 Å². The number of rotatable bonds is 4. The summed E-state index contributed by atoms with van der Waals surface area (Å²) >= 11 is 1.50. The van der Waals surface area contributed by atoms with Crippen molar-refractivity contribution in [2.45, 2.75) is 27.3 Å². The van der Waals surface area contributed by atoms with Gasteiger partial charge in [-0.2, -0.15) is 0 Å². The quantitative estimate of drug-likeness (QED) is 0.346. The van der Waals surface area contributed by atoms with Crippen LogP contribution in [0.5, 0.6) is 0 Å². The van der Waals surface area contributed by atoms with Gasteiger partial charge in [0.1, 0.15) is 10.4 Å². The molecule has 3 heterocycles. The molecular formula is C25H20N2O3S. The zero-order chi connectivity index (χ0) is 21.7. The second-order valence-corrected chi connectivity index (χ2v) is 8.96. The van der Waals surface area contributed by atoms with E-state index in [4.69, 9.17) is 4.42 Å². The number of thiophene rings is 1. The standard InChI is InChI=1S/C25H20N2O3S/c1-14-8-9-18(10-15(14)2)22-16(3)31-24-23(22)25(29)27(13-26-24)12-19(28)21-11-17-6-4-5-7-20(17)30-21/h4-11,13H,12H2,1-3H3.